The molecule has 6 nitrogen and oxygen atoms in total. The van der Waals surface area contributed by atoms with E-state index in [0.29, 0.717) is 5.52 Å². The monoisotopic (exact) mass is 338 g/mol. The number of hydrogen-bond acceptors (Lipinski definition) is 3. The van der Waals surface area contributed by atoms with Crippen molar-refractivity contribution >= 4 is 16.8 Å². The third kappa shape index (κ3) is 3.33. The fourth-order valence-corrected chi connectivity index (χ4v) is 3.00. The van der Waals surface area contributed by atoms with Crippen molar-refractivity contribution in [1.29, 1.82) is 0 Å². The molecule has 2 aromatic heterocycles. The number of nitrogens with one attached hydrogen (secondary N) is 1. The number of rotatable bonds is 4. The number of aromatic nitrogens is 3. The summed E-state index contributed by atoms with van der Waals surface area (Å²) >= 11 is 0. The van der Waals surface area contributed by atoms with Gasteiger partial charge in [0.2, 0.25) is 5.91 Å². The van der Waals surface area contributed by atoms with Gasteiger partial charge in [-0.05, 0) is 32.4 Å². The van der Waals surface area contributed by atoms with Crippen LogP contribution in [0.25, 0.3) is 10.9 Å². The summed E-state index contributed by atoms with van der Waals surface area (Å²) < 4.78 is 2.98. The first-order valence-electron chi connectivity index (χ1n) is 8.25. The van der Waals surface area contributed by atoms with Gasteiger partial charge in [-0.25, -0.2) is 0 Å². The zero-order valence-corrected chi connectivity index (χ0v) is 14.9. The van der Waals surface area contributed by atoms with Crippen molar-refractivity contribution in [1.82, 2.24) is 19.7 Å². The molecule has 1 atom stereocenters. The molecule has 25 heavy (non-hydrogen) atoms. The molecule has 0 saturated heterocycles. The Labute approximate surface area is 146 Å². The van der Waals surface area contributed by atoms with E-state index in [1.165, 1.54) is 10.1 Å². The van der Waals surface area contributed by atoms with Crippen molar-refractivity contribution < 1.29 is 4.79 Å². The first-order valence-corrected chi connectivity index (χ1v) is 8.25. The van der Waals surface area contributed by atoms with Gasteiger partial charge < -0.3 is 9.88 Å². The minimum absolute atomic E-state index is 0.0186. The molecule has 0 bridgehead atoms. The van der Waals surface area contributed by atoms with E-state index in [0.717, 1.165) is 16.6 Å². The molecule has 0 unspecified atom stereocenters. The van der Waals surface area contributed by atoms with Gasteiger partial charge >= 0.3 is 0 Å². The third-order valence-electron chi connectivity index (χ3n) is 4.42. The minimum atomic E-state index is -0.210. The van der Waals surface area contributed by atoms with E-state index in [1.807, 2.05) is 51.1 Å². The van der Waals surface area contributed by atoms with Crippen molar-refractivity contribution in [3.63, 3.8) is 0 Å². The van der Waals surface area contributed by atoms with E-state index in [2.05, 4.69) is 10.4 Å². The van der Waals surface area contributed by atoms with Gasteiger partial charge in [-0.3, -0.25) is 14.3 Å². The van der Waals surface area contributed by atoms with Gasteiger partial charge in [0.1, 0.15) is 12.1 Å². The average Bonchev–Trinajstić information content (AvgIpc) is 2.85. The summed E-state index contributed by atoms with van der Waals surface area (Å²) in [5.74, 6) is -0.201. The molecule has 0 fully saturated rings. The highest BCUT2D eigenvalue weighted by atomic mass is 16.2. The molecule has 2 heterocycles. The zero-order valence-electron chi connectivity index (χ0n) is 14.9. The molecule has 0 aliphatic heterocycles. The molecule has 1 amide bonds. The first kappa shape index (κ1) is 17.0. The van der Waals surface area contributed by atoms with E-state index in [9.17, 15) is 9.59 Å². The van der Waals surface area contributed by atoms with Crippen molar-refractivity contribution in [3.8, 4) is 0 Å². The van der Waals surface area contributed by atoms with Crippen LogP contribution in [-0.4, -0.2) is 20.3 Å². The van der Waals surface area contributed by atoms with E-state index in [1.54, 1.807) is 17.9 Å². The summed E-state index contributed by atoms with van der Waals surface area (Å²) in [6.45, 7) is 5.80. The van der Waals surface area contributed by atoms with Crippen molar-refractivity contribution in [2.45, 2.75) is 33.4 Å². The van der Waals surface area contributed by atoms with Gasteiger partial charge in [-0.2, -0.15) is 5.10 Å². The minimum Gasteiger partial charge on any atom is -0.348 e. The summed E-state index contributed by atoms with van der Waals surface area (Å²) in [6, 6.07) is 9.73. The summed E-state index contributed by atoms with van der Waals surface area (Å²) in [5, 5.41) is 8.02. The van der Waals surface area contributed by atoms with Crippen LogP contribution in [0.15, 0.2) is 41.3 Å². The second-order valence-electron chi connectivity index (χ2n) is 6.42. The van der Waals surface area contributed by atoms with Crippen LogP contribution in [0.3, 0.4) is 0 Å². The lowest BCUT2D eigenvalue weighted by Crippen LogP contribution is -2.34. The standard InChI is InChI=1S/C19H22N4O2/c1-12-5-7-15(8-6-12)13(2)20-17(24)11-23-10-9-16-14(3)21-22(4)18(16)19(23)25/h5-10,13H,11H2,1-4H3,(H,20,24)/t13-/m1/s1. The number of fused-ring (bicyclic) bond motifs is 1. The van der Waals surface area contributed by atoms with Gasteiger partial charge in [0.15, 0.2) is 0 Å². The lowest BCUT2D eigenvalue weighted by molar-refractivity contribution is -0.122. The first-order chi connectivity index (χ1) is 11.9. The Morgan fingerprint density at radius 2 is 1.88 bits per heavy atom. The largest absolute Gasteiger partial charge is 0.348 e. The zero-order chi connectivity index (χ0) is 18.1. The third-order valence-corrected chi connectivity index (χ3v) is 4.42. The van der Waals surface area contributed by atoms with Crippen LogP contribution in [0.2, 0.25) is 0 Å². The number of hydrogen-bond donors (Lipinski definition) is 1. The maximum atomic E-state index is 12.6. The molecular weight excluding hydrogens is 316 g/mol. The molecule has 130 valence electrons. The van der Waals surface area contributed by atoms with Crippen LogP contribution in [0.5, 0.6) is 0 Å². The molecule has 0 aliphatic rings. The Hall–Kier alpha value is -2.89. The SMILES string of the molecule is Cc1ccc([C@@H](C)NC(=O)Cn2ccc3c(C)nn(C)c3c2=O)cc1. The van der Waals surface area contributed by atoms with Gasteiger partial charge in [-0.15, -0.1) is 0 Å². The second-order valence-corrected chi connectivity index (χ2v) is 6.42. The highest BCUT2D eigenvalue weighted by Gasteiger charge is 2.14. The molecule has 3 aromatic rings. The predicted octanol–water partition coefficient (Wildman–Crippen LogP) is 2.23. The number of pyridine rings is 1. The number of carbonyl (C=O) groups excluding carboxylic acids is 1. The fourth-order valence-electron chi connectivity index (χ4n) is 3.00. The van der Waals surface area contributed by atoms with Crippen LogP contribution in [0.1, 0.15) is 29.8 Å². The van der Waals surface area contributed by atoms with Gasteiger partial charge in [0.25, 0.3) is 5.56 Å². The average molecular weight is 338 g/mol. The predicted molar refractivity (Wildman–Crippen MR) is 97.4 cm³/mol. The van der Waals surface area contributed by atoms with E-state index in [4.69, 9.17) is 0 Å². The van der Waals surface area contributed by atoms with Crippen molar-refractivity contribution in [2.75, 3.05) is 0 Å². The molecule has 0 aliphatic carbocycles. The van der Waals surface area contributed by atoms with E-state index >= 15 is 0 Å². The Morgan fingerprint density at radius 1 is 1.20 bits per heavy atom. The summed E-state index contributed by atoms with van der Waals surface area (Å²) in [7, 11) is 1.74. The molecular formula is C19H22N4O2. The van der Waals surface area contributed by atoms with Crippen LogP contribution < -0.4 is 10.9 Å². The molecule has 3 rings (SSSR count). The van der Waals surface area contributed by atoms with Crippen LogP contribution in [0, 0.1) is 13.8 Å². The second kappa shape index (κ2) is 6.55. The number of carbonyl (C=O) groups is 1. The van der Waals surface area contributed by atoms with Gasteiger partial charge in [0, 0.05) is 18.6 Å². The molecule has 0 radical (unpaired) electrons. The molecule has 1 aromatic carbocycles. The summed E-state index contributed by atoms with van der Waals surface area (Å²) in [5.41, 5.74) is 3.31. The molecule has 1 N–H and O–H groups in total. The molecule has 0 saturated carbocycles. The Bertz CT molecular complexity index is 983. The Kier molecular flexibility index (Phi) is 4.44. The van der Waals surface area contributed by atoms with Gasteiger partial charge in [0.05, 0.1) is 11.7 Å². The topological polar surface area (TPSA) is 68.9 Å². The number of aryl methyl sites for hydroxylation is 3. The lowest BCUT2D eigenvalue weighted by Gasteiger charge is -2.15. The molecule has 6 heteroatoms. The lowest BCUT2D eigenvalue weighted by atomic mass is 10.1. The summed E-state index contributed by atoms with van der Waals surface area (Å²) in [4.78, 5) is 25.0. The number of amides is 1. The smallest absolute Gasteiger partial charge is 0.277 e. The van der Waals surface area contributed by atoms with E-state index in [-0.39, 0.29) is 24.1 Å². The van der Waals surface area contributed by atoms with Crippen molar-refractivity contribution in [3.05, 3.63) is 63.7 Å². The fraction of sp³-hybridized carbons (Fsp3) is 0.316. The number of benzene rings is 1. The highest BCUT2D eigenvalue weighted by molar-refractivity contribution is 5.81. The Morgan fingerprint density at radius 3 is 2.56 bits per heavy atom. The van der Waals surface area contributed by atoms with Crippen LogP contribution in [-0.2, 0) is 18.4 Å². The maximum Gasteiger partial charge on any atom is 0.277 e. The number of nitrogens with zero attached hydrogens (tertiary/aromatic N) is 3. The normalized spacial score (nSPS) is 12.3. The van der Waals surface area contributed by atoms with Crippen LogP contribution >= 0.6 is 0 Å². The molecule has 0 spiro atoms. The van der Waals surface area contributed by atoms with Crippen molar-refractivity contribution in [2.24, 2.45) is 7.05 Å². The van der Waals surface area contributed by atoms with Gasteiger partial charge in [-0.1, -0.05) is 29.8 Å². The maximum absolute atomic E-state index is 12.6. The van der Waals surface area contributed by atoms with Crippen LogP contribution in [0.4, 0.5) is 0 Å². The van der Waals surface area contributed by atoms with E-state index < -0.39 is 0 Å². The summed E-state index contributed by atoms with van der Waals surface area (Å²) in [6.07, 6.45) is 1.65. The highest BCUT2D eigenvalue weighted by Crippen LogP contribution is 2.14. The quantitative estimate of drug-likeness (QED) is 0.793. The Balaban J connectivity index is 1.78.